The first-order valence-electron chi connectivity index (χ1n) is 10.3. The molecule has 0 aliphatic heterocycles. The Bertz CT molecular complexity index is 1080. The summed E-state index contributed by atoms with van der Waals surface area (Å²) in [5.74, 6) is -0.427. The molecule has 1 aliphatic carbocycles. The Morgan fingerprint density at radius 3 is 2.65 bits per heavy atom. The van der Waals surface area contributed by atoms with E-state index in [-0.39, 0.29) is 30.9 Å². The Morgan fingerprint density at radius 2 is 1.97 bits per heavy atom. The normalized spacial score (nSPS) is 13.3. The summed E-state index contributed by atoms with van der Waals surface area (Å²) in [6.45, 7) is 4.05. The van der Waals surface area contributed by atoms with Crippen molar-refractivity contribution in [3.05, 3.63) is 82.8 Å². The number of halogens is 1. The van der Waals surface area contributed by atoms with Crippen molar-refractivity contribution < 1.29 is 23.1 Å². The summed E-state index contributed by atoms with van der Waals surface area (Å²) in [6, 6.07) is 11.9. The molecule has 0 spiro atoms. The van der Waals surface area contributed by atoms with Gasteiger partial charge >= 0.3 is 5.97 Å². The number of benzene rings is 1. The summed E-state index contributed by atoms with van der Waals surface area (Å²) < 4.78 is 26.7. The molecule has 0 unspecified atom stereocenters. The van der Waals surface area contributed by atoms with E-state index >= 15 is 0 Å². The van der Waals surface area contributed by atoms with Gasteiger partial charge < -0.3 is 18.6 Å². The third-order valence-corrected chi connectivity index (χ3v) is 5.62. The SMILES string of the molecule is Cc1cc(C(=O)OCC(=O)N(Cc2ccccc2F)C2CC2)c(C)n1Cc1ccco1. The number of carbonyl (C=O) groups is 2. The van der Waals surface area contributed by atoms with Gasteiger partial charge in [0.05, 0.1) is 18.4 Å². The van der Waals surface area contributed by atoms with E-state index in [4.69, 9.17) is 9.15 Å². The first-order valence-corrected chi connectivity index (χ1v) is 10.3. The molecule has 1 aliphatic rings. The molecule has 0 bridgehead atoms. The average molecular weight is 424 g/mol. The molecule has 1 aromatic carbocycles. The molecule has 0 N–H and O–H groups in total. The third-order valence-electron chi connectivity index (χ3n) is 5.62. The molecule has 3 aromatic rings. The van der Waals surface area contributed by atoms with Gasteiger partial charge in [-0.25, -0.2) is 9.18 Å². The van der Waals surface area contributed by atoms with Crippen LogP contribution in [0.2, 0.25) is 0 Å². The van der Waals surface area contributed by atoms with Crippen molar-refractivity contribution in [3.8, 4) is 0 Å². The maximum Gasteiger partial charge on any atom is 0.340 e. The monoisotopic (exact) mass is 424 g/mol. The number of ether oxygens (including phenoxy) is 1. The summed E-state index contributed by atoms with van der Waals surface area (Å²) in [5, 5.41) is 0. The van der Waals surface area contributed by atoms with E-state index in [9.17, 15) is 14.0 Å². The number of aryl methyl sites for hydroxylation is 1. The van der Waals surface area contributed by atoms with Crippen LogP contribution in [0.1, 0.15) is 45.9 Å². The van der Waals surface area contributed by atoms with Crippen LogP contribution in [-0.2, 0) is 22.6 Å². The van der Waals surface area contributed by atoms with E-state index in [2.05, 4.69) is 0 Å². The highest BCUT2D eigenvalue weighted by Crippen LogP contribution is 2.29. The standard InChI is InChI=1S/C24H25FN2O4/c1-16-12-21(17(2)26(16)14-20-7-5-11-30-20)24(29)31-15-23(28)27(19-9-10-19)13-18-6-3-4-8-22(18)25/h3-8,11-12,19H,9-10,13-15H2,1-2H3. The van der Waals surface area contributed by atoms with Gasteiger partial charge in [0.2, 0.25) is 0 Å². The summed E-state index contributed by atoms with van der Waals surface area (Å²) in [4.78, 5) is 27.0. The largest absolute Gasteiger partial charge is 0.467 e. The predicted octanol–water partition coefficient (Wildman–Crippen LogP) is 4.23. The van der Waals surface area contributed by atoms with E-state index in [1.54, 1.807) is 35.4 Å². The quantitative estimate of drug-likeness (QED) is 0.508. The zero-order chi connectivity index (χ0) is 22.0. The Kier molecular flexibility index (Phi) is 5.93. The second-order valence-corrected chi connectivity index (χ2v) is 7.87. The van der Waals surface area contributed by atoms with E-state index in [1.165, 1.54) is 6.07 Å². The molecule has 1 saturated carbocycles. The number of esters is 1. The zero-order valence-corrected chi connectivity index (χ0v) is 17.6. The molecule has 6 nitrogen and oxygen atoms in total. The fourth-order valence-corrected chi connectivity index (χ4v) is 3.71. The smallest absolute Gasteiger partial charge is 0.340 e. The van der Waals surface area contributed by atoms with Crippen LogP contribution in [0.15, 0.2) is 53.1 Å². The summed E-state index contributed by atoms with van der Waals surface area (Å²) in [6.07, 6.45) is 3.36. The van der Waals surface area contributed by atoms with Crippen LogP contribution in [0.3, 0.4) is 0 Å². The van der Waals surface area contributed by atoms with E-state index in [1.807, 2.05) is 30.5 Å². The Labute approximate surface area is 180 Å². The summed E-state index contributed by atoms with van der Waals surface area (Å²) in [7, 11) is 0. The van der Waals surface area contributed by atoms with Crippen molar-refractivity contribution in [2.75, 3.05) is 6.61 Å². The molecule has 7 heteroatoms. The number of nitrogens with zero attached hydrogens (tertiary/aromatic N) is 2. The molecule has 1 fully saturated rings. The lowest BCUT2D eigenvalue weighted by atomic mass is 10.2. The minimum Gasteiger partial charge on any atom is -0.467 e. The first kappa shape index (κ1) is 20.9. The average Bonchev–Trinajstić information content (AvgIpc) is 3.39. The Balaban J connectivity index is 1.41. The van der Waals surface area contributed by atoms with Gasteiger partial charge in [0.1, 0.15) is 11.6 Å². The lowest BCUT2D eigenvalue weighted by molar-refractivity contribution is -0.135. The Hall–Kier alpha value is -3.35. The molecule has 2 aromatic heterocycles. The molecule has 0 radical (unpaired) electrons. The highest BCUT2D eigenvalue weighted by molar-refractivity contribution is 5.92. The molecule has 1 amide bonds. The maximum absolute atomic E-state index is 14.0. The molecule has 2 heterocycles. The van der Waals surface area contributed by atoms with Crippen molar-refractivity contribution in [2.24, 2.45) is 0 Å². The van der Waals surface area contributed by atoms with Gasteiger partial charge in [0, 0.05) is 29.5 Å². The zero-order valence-electron chi connectivity index (χ0n) is 17.6. The van der Waals surface area contributed by atoms with Gasteiger partial charge in [0.25, 0.3) is 5.91 Å². The van der Waals surface area contributed by atoms with E-state index in [0.717, 1.165) is 30.0 Å². The van der Waals surface area contributed by atoms with Gasteiger partial charge in [-0.05, 0) is 51.0 Å². The highest BCUT2D eigenvalue weighted by Gasteiger charge is 2.33. The minimum atomic E-state index is -0.547. The van der Waals surface area contributed by atoms with Gasteiger partial charge in [-0.1, -0.05) is 18.2 Å². The first-order chi connectivity index (χ1) is 14.9. The van der Waals surface area contributed by atoms with E-state index in [0.29, 0.717) is 17.7 Å². The van der Waals surface area contributed by atoms with Crippen molar-refractivity contribution >= 4 is 11.9 Å². The van der Waals surface area contributed by atoms with Crippen LogP contribution in [-0.4, -0.2) is 34.0 Å². The molecule has 162 valence electrons. The number of rotatable bonds is 8. The molecular formula is C24H25FN2O4. The summed E-state index contributed by atoms with van der Waals surface area (Å²) in [5.41, 5.74) is 2.52. The van der Waals surface area contributed by atoms with Gasteiger partial charge in [-0.15, -0.1) is 0 Å². The number of hydrogen-bond donors (Lipinski definition) is 0. The number of aromatic nitrogens is 1. The van der Waals surface area contributed by atoms with Gasteiger partial charge in [0.15, 0.2) is 6.61 Å². The molecular weight excluding hydrogens is 399 g/mol. The van der Waals surface area contributed by atoms with Crippen LogP contribution in [0.4, 0.5) is 4.39 Å². The molecule has 31 heavy (non-hydrogen) atoms. The third kappa shape index (κ3) is 4.71. The van der Waals surface area contributed by atoms with Crippen LogP contribution in [0, 0.1) is 19.7 Å². The number of amides is 1. The van der Waals surface area contributed by atoms with Crippen molar-refractivity contribution in [1.82, 2.24) is 9.47 Å². The van der Waals surface area contributed by atoms with Crippen LogP contribution in [0.25, 0.3) is 0 Å². The molecule has 0 atom stereocenters. The topological polar surface area (TPSA) is 64.7 Å². The minimum absolute atomic E-state index is 0.0733. The number of furan rings is 1. The summed E-state index contributed by atoms with van der Waals surface area (Å²) >= 11 is 0. The van der Waals surface area contributed by atoms with Crippen molar-refractivity contribution in [3.63, 3.8) is 0 Å². The fourth-order valence-electron chi connectivity index (χ4n) is 3.71. The molecule has 4 rings (SSSR count). The van der Waals surface area contributed by atoms with Gasteiger partial charge in [-0.2, -0.15) is 0 Å². The Morgan fingerprint density at radius 1 is 1.19 bits per heavy atom. The van der Waals surface area contributed by atoms with Crippen molar-refractivity contribution in [1.29, 1.82) is 0 Å². The van der Waals surface area contributed by atoms with Crippen LogP contribution in [0.5, 0.6) is 0 Å². The fraction of sp³-hybridized carbons (Fsp3) is 0.333. The lowest BCUT2D eigenvalue weighted by Gasteiger charge is -2.22. The maximum atomic E-state index is 14.0. The molecule has 0 saturated heterocycles. The second kappa shape index (κ2) is 8.79. The number of carbonyl (C=O) groups excluding carboxylic acids is 2. The van der Waals surface area contributed by atoms with Crippen LogP contribution >= 0.6 is 0 Å². The van der Waals surface area contributed by atoms with Crippen LogP contribution < -0.4 is 0 Å². The second-order valence-electron chi connectivity index (χ2n) is 7.87. The lowest BCUT2D eigenvalue weighted by Crippen LogP contribution is -2.36. The highest BCUT2D eigenvalue weighted by atomic mass is 19.1. The van der Waals surface area contributed by atoms with Crippen molar-refractivity contribution in [2.45, 2.75) is 45.8 Å². The predicted molar refractivity (Wildman–Crippen MR) is 112 cm³/mol. The van der Waals surface area contributed by atoms with E-state index < -0.39 is 5.97 Å². The number of hydrogen-bond acceptors (Lipinski definition) is 4. The van der Waals surface area contributed by atoms with Gasteiger partial charge in [-0.3, -0.25) is 4.79 Å².